The molecule has 0 spiro atoms. The predicted octanol–water partition coefficient (Wildman–Crippen LogP) is 3.50. The van der Waals surface area contributed by atoms with E-state index in [1.54, 1.807) is 17.2 Å². The highest BCUT2D eigenvalue weighted by Crippen LogP contribution is 2.27. The summed E-state index contributed by atoms with van der Waals surface area (Å²) in [5.41, 5.74) is 1.63. The first-order chi connectivity index (χ1) is 8.24. The van der Waals surface area contributed by atoms with Crippen molar-refractivity contribution < 1.29 is 10.0 Å². The van der Waals surface area contributed by atoms with Crippen molar-refractivity contribution in [1.29, 1.82) is 0 Å². The molecule has 0 heterocycles. The van der Waals surface area contributed by atoms with E-state index in [-0.39, 0.29) is 5.91 Å². The highest BCUT2D eigenvalue weighted by atomic mass is 35.5. The second-order valence-corrected chi connectivity index (χ2v) is 5.17. The lowest BCUT2D eigenvalue weighted by Gasteiger charge is -2.03. The minimum Gasteiger partial charge on any atom is -0.289 e. The van der Waals surface area contributed by atoms with Crippen LogP contribution in [0.3, 0.4) is 0 Å². The first-order valence-electron chi connectivity index (χ1n) is 5.54. The van der Waals surface area contributed by atoms with Crippen molar-refractivity contribution in [3.05, 3.63) is 29.3 Å². The summed E-state index contributed by atoms with van der Waals surface area (Å²) >= 11 is 7.75. The molecule has 0 unspecified atom stereocenters. The summed E-state index contributed by atoms with van der Waals surface area (Å²) in [6.07, 6.45) is 3.20. The van der Waals surface area contributed by atoms with Crippen LogP contribution in [0.4, 0.5) is 0 Å². The van der Waals surface area contributed by atoms with Gasteiger partial charge in [-0.1, -0.05) is 30.2 Å². The maximum atomic E-state index is 10.7. The molecule has 0 aromatic heterocycles. The molecule has 0 radical (unpaired) electrons. The van der Waals surface area contributed by atoms with Crippen LogP contribution in [0.5, 0.6) is 0 Å². The fraction of sp³-hybridized carbons (Fsp3) is 0.417. The lowest BCUT2D eigenvalue weighted by Crippen LogP contribution is -2.17. The van der Waals surface area contributed by atoms with Crippen molar-refractivity contribution in [2.45, 2.75) is 30.6 Å². The standard InChI is InChI=1S/C12H16ClNO2S/c13-10-6-3-4-7-11(10)17-9-5-1-2-8-12(15)14-16/h3-4,6-7,16H,1-2,5,8-9H2,(H,14,15). The molecule has 0 aliphatic rings. The summed E-state index contributed by atoms with van der Waals surface area (Å²) in [7, 11) is 0. The lowest BCUT2D eigenvalue weighted by atomic mass is 10.2. The summed E-state index contributed by atoms with van der Waals surface area (Å²) < 4.78 is 0. The molecule has 3 nitrogen and oxygen atoms in total. The second kappa shape index (κ2) is 8.39. The number of hydrogen-bond acceptors (Lipinski definition) is 3. The first-order valence-corrected chi connectivity index (χ1v) is 6.90. The Labute approximate surface area is 111 Å². The molecule has 0 aliphatic carbocycles. The monoisotopic (exact) mass is 273 g/mol. The number of carbonyl (C=O) groups is 1. The van der Waals surface area contributed by atoms with E-state index in [0.717, 1.165) is 34.9 Å². The molecule has 0 saturated heterocycles. The first kappa shape index (κ1) is 14.4. The number of benzene rings is 1. The highest BCUT2D eigenvalue weighted by Gasteiger charge is 2.00. The van der Waals surface area contributed by atoms with E-state index in [2.05, 4.69) is 0 Å². The summed E-state index contributed by atoms with van der Waals surface area (Å²) in [5, 5.41) is 9.09. The third kappa shape index (κ3) is 5.96. The van der Waals surface area contributed by atoms with Crippen LogP contribution >= 0.6 is 23.4 Å². The van der Waals surface area contributed by atoms with Crippen LogP contribution in [0.2, 0.25) is 5.02 Å². The smallest absolute Gasteiger partial charge is 0.243 e. The van der Waals surface area contributed by atoms with Gasteiger partial charge in [0.1, 0.15) is 0 Å². The second-order valence-electron chi connectivity index (χ2n) is 3.62. The molecular formula is C12H16ClNO2S. The SMILES string of the molecule is O=C(CCCCCSc1ccccc1Cl)NO. The van der Waals surface area contributed by atoms with E-state index in [0.29, 0.717) is 6.42 Å². The maximum Gasteiger partial charge on any atom is 0.243 e. The summed E-state index contributed by atoms with van der Waals surface area (Å²) in [5.74, 6) is 0.675. The molecule has 1 aromatic rings. The molecule has 5 heteroatoms. The molecule has 2 N–H and O–H groups in total. The van der Waals surface area contributed by atoms with Gasteiger partial charge in [-0.25, -0.2) is 5.48 Å². The van der Waals surface area contributed by atoms with Gasteiger partial charge in [-0.05, 0) is 30.7 Å². The number of rotatable bonds is 7. The molecule has 1 rings (SSSR count). The van der Waals surface area contributed by atoms with Crippen LogP contribution < -0.4 is 5.48 Å². The van der Waals surface area contributed by atoms with E-state index < -0.39 is 0 Å². The van der Waals surface area contributed by atoms with Gasteiger partial charge in [-0.15, -0.1) is 11.8 Å². The fourth-order valence-corrected chi connectivity index (χ4v) is 2.61. The minimum absolute atomic E-state index is 0.316. The van der Waals surface area contributed by atoms with Gasteiger partial charge < -0.3 is 0 Å². The molecule has 1 aromatic carbocycles. The number of thioether (sulfide) groups is 1. The molecule has 0 fully saturated rings. The number of halogens is 1. The number of amides is 1. The largest absolute Gasteiger partial charge is 0.289 e. The van der Waals surface area contributed by atoms with E-state index in [1.807, 2.05) is 24.3 Å². The van der Waals surface area contributed by atoms with Crippen molar-refractivity contribution in [1.82, 2.24) is 5.48 Å². The summed E-state index contributed by atoms with van der Waals surface area (Å²) in [4.78, 5) is 11.8. The molecular weight excluding hydrogens is 258 g/mol. The van der Waals surface area contributed by atoms with Gasteiger partial charge in [0.15, 0.2) is 0 Å². The highest BCUT2D eigenvalue weighted by molar-refractivity contribution is 7.99. The zero-order chi connectivity index (χ0) is 12.5. The molecule has 0 atom stereocenters. The average Bonchev–Trinajstić information content (AvgIpc) is 2.35. The zero-order valence-electron chi connectivity index (χ0n) is 9.49. The number of unbranched alkanes of at least 4 members (excludes halogenated alkanes) is 2. The van der Waals surface area contributed by atoms with Gasteiger partial charge in [-0.2, -0.15) is 0 Å². The Morgan fingerprint density at radius 3 is 2.76 bits per heavy atom. The van der Waals surface area contributed by atoms with Crippen molar-refractivity contribution >= 4 is 29.3 Å². The van der Waals surface area contributed by atoms with Gasteiger partial charge in [0, 0.05) is 11.3 Å². The van der Waals surface area contributed by atoms with E-state index in [4.69, 9.17) is 16.8 Å². The molecule has 94 valence electrons. The average molecular weight is 274 g/mol. The number of hydroxylamine groups is 1. The van der Waals surface area contributed by atoms with E-state index in [1.165, 1.54) is 0 Å². The Balaban J connectivity index is 2.09. The van der Waals surface area contributed by atoms with Crippen molar-refractivity contribution in [2.24, 2.45) is 0 Å². The lowest BCUT2D eigenvalue weighted by molar-refractivity contribution is -0.129. The van der Waals surface area contributed by atoms with Gasteiger partial charge in [-0.3, -0.25) is 10.0 Å². The normalized spacial score (nSPS) is 10.2. The van der Waals surface area contributed by atoms with Gasteiger partial charge in [0.2, 0.25) is 5.91 Å². The van der Waals surface area contributed by atoms with Crippen molar-refractivity contribution in [3.63, 3.8) is 0 Å². The third-order valence-corrected chi connectivity index (χ3v) is 3.87. The molecule has 1 amide bonds. The Morgan fingerprint density at radius 2 is 2.06 bits per heavy atom. The number of hydrogen-bond donors (Lipinski definition) is 2. The quantitative estimate of drug-likeness (QED) is 0.346. The predicted molar refractivity (Wildman–Crippen MR) is 70.6 cm³/mol. The maximum absolute atomic E-state index is 10.7. The topological polar surface area (TPSA) is 49.3 Å². The Bertz CT molecular complexity index is 360. The van der Waals surface area contributed by atoms with E-state index in [9.17, 15) is 4.79 Å². The van der Waals surface area contributed by atoms with Gasteiger partial charge >= 0.3 is 0 Å². The molecule has 17 heavy (non-hydrogen) atoms. The fourth-order valence-electron chi connectivity index (χ4n) is 1.36. The van der Waals surface area contributed by atoms with Crippen molar-refractivity contribution in [3.8, 4) is 0 Å². The minimum atomic E-state index is -0.316. The Hall–Kier alpha value is -0.710. The number of nitrogens with one attached hydrogen (secondary N) is 1. The summed E-state index contributed by atoms with van der Waals surface area (Å²) in [6.45, 7) is 0. The molecule has 0 aliphatic heterocycles. The van der Waals surface area contributed by atoms with Gasteiger partial charge in [0.05, 0.1) is 5.02 Å². The number of carbonyl (C=O) groups excluding carboxylic acids is 1. The van der Waals surface area contributed by atoms with Crippen LogP contribution in [-0.4, -0.2) is 16.9 Å². The summed E-state index contributed by atoms with van der Waals surface area (Å²) in [6, 6.07) is 7.78. The van der Waals surface area contributed by atoms with Crippen LogP contribution in [0.1, 0.15) is 25.7 Å². The van der Waals surface area contributed by atoms with E-state index >= 15 is 0 Å². The Kier molecular flexibility index (Phi) is 7.08. The Morgan fingerprint density at radius 1 is 1.29 bits per heavy atom. The van der Waals surface area contributed by atoms with Crippen LogP contribution in [-0.2, 0) is 4.79 Å². The molecule has 0 saturated carbocycles. The van der Waals surface area contributed by atoms with Crippen LogP contribution in [0.25, 0.3) is 0 Å². The van der Waals surface area contributed by atoms with Crippen LogP contribution in [0, 0.1) is 0 Å². The molecule has 0 bridgehead atoms. The van der Waals surface area contributed by atoms with Crippen LogP contribution in [0.15, 0.2) is 29.2 Å². The third-order valence-electron chi connectivity index (χ3n) is 2.27. The van der Waals surface area contributed by atoms with Gasteiger partial charge in [0.25, 0.3) is 0 Å². The van der Waals surface area contributed by atoms with Crippen molar-refractivity contribution in [2.75, 3.05) is 5.75 Å². The zero-order valence-corrected chi connectivity index (χ0v) is 11.1.